The zero-order chi connectivity index (χ0) is 18.0. The van der Waals surface area contributed by atoms with E-state index in [9.17, 15) is 9.59 Å². The fraction of sp³-hybridized carbons (Fsp3) is 0.111. The molecular formula is C18H15Cl2N3O2. The van der Waals surface area contributed by atoms with Crippen molar-refractivity contribution in [1.82, 2.24) is 10.6 Å². The van der Waals surface area contributed by atoms with Gasteiger partial charge >= 0.3 is 6.03 Å². The molecule has 1 unspecified atom stereocenters. The van der Waals surface area contributed by atoms with E-state index in [-0.39, 0.29) is 11.9 Å². The molecule has 3 amide bonds. The van der Waals surface area contributed by atoms with Gasteiger partial charge in [0.25, 0.3) is 5.91 Å². The number of rotatable bonds is 3. The first kappa shape index (κ1) is 17.3. The molecule has 1 heterocycles. The lowest BCUT2D eigenvalue weighted by molar-refractivity contribution is -0.113. The largest absolute Gasteiger partial charge is 0.327 e. The van der Waals surface area contributed by atoms with E-state index >= 15 is 0 Å². The van der Waals surface area contributed by atoms with E-state index in [1.54, 1.807) is 37.3 Å². The van der Waals surface area contributed by atoms with Gasteiger partial charge < -0.3 is 16.0 Å². The Morgan fingerprint density at radius 3 is 2.48 bits per heavy atom. The first-order valence-corrected chi connectivity index (χ1v) is 8.31. The summed E-state index contributed by atoms with van der Waals surface area (Å²) in [5.41, 5.74) is 2.22. The van der Waals surface area contributed by atoms with Gasteiger partial charge in [-0.15, -0.1) is 0 Å². The molecule has 0 saturated heterocycles. The molecule has 2 aromatic carbocycles. The highest BCUT2D eigenvalue weighted by atomic mass is 35.5. The minimum Gasteiger partial charge on any atom is -0.327 e. The van der Waals surface area contributed by atoms with Crippen LogP contribution in [0.4, 0.5) is 10.5 Å². The van der Waals surface area contributed by atoms with Gasteiger partial charge in [0, 0.05) is 11.4 Å². The van der Waals surface area contributed by atoms with E-state index in [0.29, 0.717) is 32.6 Å². The average Bonchev–Trinajstić information content (AvgIpc) is 2.57. The van der Waals surface area contributed by atoms with Crippen molar-refractivity contribution in [2.45, 2.75) is 13.0 Å². The van der Waals surface area contributed by atoms with E-state index < -0.39 is 6.04 Å². The van der Waals surface area contributed by atoms with Crippen molar-refractivity contribution >= 4 is 40.8 Å². The van der Waals surface area contributed by atoms with E-state index in [1.165, 1.54) is 0 Å². The van der Waals surface area contributed by atoms with Gasteiger partial charge in [0.2, 0.25) is 0 Å². The number of hydrogen-bond acceptors (Lipinski definition) is 2. The maximum absolute atomic E-state index is 12.8. The van der Waals surface area contributed by atoms with E-state index in [2.05, 4.69) is 16.0 Å². The lowest BCUT2D eigenvalue weighted by Gasteiger charge is -2.28. The van der Waals surface area contributed by atoms with Gasteiger partial charge in [0.05, 0.1) is 21.7 Å². The summed E-state index contributed by atoms with van der Waals surface area (Å²) in [6.07, 6.45) is 0. The number of amides is 3. The van der Waals surface area contributed by atoms with Crippen molar-refractivity contribution in [1.29, 1.82) is 0 Å². The maximum atomic E-state index is 12.8. The smallest absolute Gasteiger partial charge is 0.319 e. The van der Waals surface area contributed by atoms with Crippen LogP contribution in [0.5, 0.6) is 0 Å². The maximum Gasteiger partial charge on any atom is 0.319 e. The molecule has 25 heavy (non-hydrogen) atoms. The number of allylic oxidation sites excluding steroid dienone is 1. The van der Waals surface area contributed by atoms with E-state index in [4.69, 9.17) is 23.2 Å². The molecule has 0 radical (unpaired) electrons. The second-order valence-corrected chi connectivity index (χ2v) is 6.38. The van der Waals surface area contributed by atoms with Crippen LogP contribution in [0.2, 0.25) is 10.0 Å². The van der Waals surface area contributed by atoms with Crippen molar-refractivity contribution in [2.75, 3.05) is 5.32 Å². The fourth-order valence-electron chi connectivity index (χ4n) is 2.66. The lowest BCUT2D eigenvalue weighted by Crippen LogP contribution is -2.45. The molecule has 1 aliphatic rings. The summed E-state index contributed by atoms with van der Waals surface area (Å²) >= 11 is 12.0. The number of urea groups is 1. The van der Waals surface area contributed by atoms with Crippen LogP contribution in [-0.2, 0) is 4.79 Å². The van der Waals surface area contributed by atoms with Crippen LogP contribution in [0.3, 0.4) is 0 Å². The molecule has 5 nitrogen and oxygen atoms in total. The number of halogens is 2. The Kier molecular flexibility index (Phi) is 4.97. The summed E-state index contributed by atoms with van der Waals surface area (Å²) in [5.74, 6) is -0.313. The Hall–Kier alpha value is -2.50. The van der Waals surface area contributed by atoms with Crippen LogP contribution in [0, 0.1) is 0 Å². The number of carbonyl (C=O) groups excluding carboxylic acids is 2. The van der Waals surface area contributed by atoms with Crippen LogP contribution in [0.1, 0.15) is 18.5 Å². The van der Waals surface area contributed by atoms with Gasteiger partial charge in [-0.1, -0.05) is 47.5 Å². The van der Waals surface area contributed by atoms with Crippen molar-refractivity contribution in [3.8, 4) is 0 Å². The number of anilines is 1. The summed E-state index contributed by atoms with van der Waals surface area (Å²) in [7, 11) is 0. The van der Waals surface area contributed by atoms with E-state index in [0.717, 1.165) is 0 Å². The van der Waals surface area contributed by atoms with Gasteiger partial charge in [0.15, 0.2) is 0 Å². The summed E-state index contributed by atoms with van der Waals surface area (Å²) in [4.78, 5) is 24.7. The molecular weight excluding hydrogens is 361 g/mol. The Bertz CT molecular complexity index is 866. The molecule has 1 atom stereocenters. The molecule has 0 bridgehead atoms. The minimum atomic E-state index is -0.632. The number of benzene rings is 2. The summed E-state index contributed by atoms with van der Waals surface area (Å²) in [5, 5.41) is 8.98. The molecule has 0 fully saturated rings. The van der Waals surface area contributed by atoms with Crippen LogP contribution in [0.25, 0.3) is 0 Å². The van der Waals surface area contributed by atoms with Crippen molar-refractivity contribution in [3.05, 3.63) is 75.4 Å². The van der Waals surface area contributed by atoms with Gasteiger partial charge in [-0.25, -0.2) is 4.79 Å². The molecule has 2 aromatic rings. The fourth-order valence-corrected chi connectivity index (χ4v) is 2.96. The monoisotopic (exact) mass is 375 g/mol. The first-order valence-electron chi connectivity index (χ1n) is 7.55. The predicted octanol–water partition coefficient (Wildman–Crippen LogP) is 4.26. The topological polar surface area (TPSA) is 70.2 Å². The van der Waals surface area contributed by atoms with Gasteiger partial charge in [-0.3, -0.25) is 4.79 Å². The van der Waals surface area contributed by atoms with E-state index in [1.807, 2.05) is 18.2 Å². The Balaban J connectivity index is 1.97. The van der Waals surface area contributed by atoms with Crippen molar-refractivity contribution < 1.29 is 9.59 Å². The van der Waals surface area contributed by atoms with Gasteiger partial charge in [-0.05, 0) is 36.8 Å². The molecule has 3 rings (SSSR count). The summed E-state index contributed by atoms with van der Waals surface area (Å²) in [6, 6.07) is 13.1. The third-order valence-corrected chi connectivity index (χ3v) is 4.56. The Labute approximate surface area is 155 Å². The second kappa shape index (κ2) is 7.17. The molecule has 0 aromatic heterocycles. The highest BCUT2D eigenvalue weighted by molar-refractivity contribution is 6.42. The Morgan fingerprint density at radius 2 is 1.80 bits per heavy atom. The summed E-state index contributed by atoms with van der Waals surface area (Å²) in [6.45, 7) is 1.68. The summed E-state index contributed by atoms with van der Waals surface area (Å²) < 4.78 is 0. The highest BCUT2D eigenvalue weighted by Crippen LogP contribution is 2.31. The van der Waals surface area contributed by atoms with Crippen LogP contribution in [0.15, 0.2) is 59.8 Å². The van der Waals surface area contributed by atoms with Crippen LogP contribution < -0.4 is 16.0 Å². The molecule has 0 saturated carbocycles. The quantitative estimate of drug-likeness (QED) is 0.749. The molecule has 0 spiro atoms. The third-order valence-electron chi connectivity index (χ3n) is 3.82. The second-order valence-electron chi connectivity index (χ2n) is 5.56. The zero-order valence-electron chi connectivity index (χ0n) is 13.3. The number of hydrogen-bond donors (Lipinski definition) is 3. The lowest BCUT2D eigenvalue weighted by atomic mass is 9.95. The van der Waals surface area contributed by atoms with Crippen molar-refractivity contribution in [3.63, 3.8) is 0 Å². The van der Waals surface area contributed by atoms with Gasteiger partial charge in [0.1, 0.15) is 0 Å². The molecule has 3 N–H and O–H groups in total. The molecule has 7 heteroatoms. The normalized spacial score (nSPS) is 16.9. The van der Waals surface area contributed by atoms with Gasteiger partial charge in [-0.2, -0.15) is 0 Å². The number of nitrogens with one attached hydrogen (secondary N) is 3. The molecule has 1 aliphatic heterocycles. The van der Waals surface area contributed by atoms with Crippen LogP contribution >= 0.6 is 23.2 Å². The molecule has 0 aliphatic carbocycles. The number of para-hydroxylation sites is 1. The first-order chi connectivity index (χ1) is 12.0. The Morgan fingerprint density at radius 1 is 1.08 bits per heavy atom. The average molecular weight is 376 g/mol. The third kappa shape index (κ3) is 3.78. The highest BCUT2D eigenvalue weighted by Gasteiger charge is 2.31. The SMILES string of the molecule is CC1=C(C(=O)Nc2ccccc2)C(c2ccc(Cl)c(Cl)c2)NC(=O)N1. The standard InChI is InChI=1S/C18H15Cl2N3O2/c1-10-15(17(24)22-12-5-3-2-4-6-12)16(23-18(25)21-10)11-7-8-13(19)14(20)9-11/h2-9,16H,1H3,(H,22,24)(H2,21,23,25). The van der Waals surface area contributed by atoms with Crippen LogP contribution in [-0.4, -0.2) is 11.9 Å². The van der Waals surface area contributed by atoms with Crippen molar-refractivity contribution in [2.24, 2.45) is 0 Å². The predicted molar refractivity (Wildman–Crippen MR) is 98.6 cm³/mol. The number of carbonyl (C=O) groups is 2. The minimum absolute atomic E-state index is 0.313. The molecule has 128 valence electrons. The zero-order valence-corrected chi connectivity index (χ0v) is 14.8.